The minimum absolute atomic E-state index is 0.0971. The van der Waals surface area contributed by atoms with Crippen LogP contribution in [0.3, 0.4) is 0 Å². The van der Waals surface area contributed by atoms with E-state index in [2.05, 4.69) is 10.6 Å². The standard InChI is InChI=1S/C11H20N2O4/c1-3-17-10(14)7-12-11(15)13-8-4-5-9(6-8)16-2/h8-9H,3-7H2,1-2H3,(H2,12,13,15). The molecule has 0 aliphatic heterocycles. The summed E-state index contributed by atoms with van der Waals surface area (Å²) in [6.07, 6.45) is 2.92. The fraction of sp³-hybridized carbons (Fsp3) is 0.818. The Balaban J connectivity index is 2.15. The number of carbonyl (C=O) groups is 2. The molecule has 98 valence electrons. The van der Waals surface area contributed by atoms with Gasteiger partial charge in [0.1, 0.15) is 6.54 Å². The van der Waals surface area contributed by atoms with E-state index in [4.69, 9.17) is 9.47 Å². The Labute approximate surface area is 101 Å². The van der Waals surface area contributed by atoms with Crippen molar-refractivity contribution in [2.75, 3.05) is 20.3 Å². The summed E-state index contributed by atoms with van der Waals surface area (Å²) in [5.74, 6) is -0.427. The van der Waals surface area contributed by atoms with Crippen molar-refractivity contribution in [3.63, 3.8) is 0 Å². The molecule has 0 bridgehead atoms. The van der Waals surface area contributed by atoms with Crippen molar-refractivity contribution in [2.45, 2.75) is 38.3 Å². The molecule has 2 atom stereocenters. The van der Waals surface area contributed by atoms with Gasteiger partial charge in [0.2, 0.25) is 0 Å². The first-order valence-corrected chi connectivity index (χ1v) is 5.88. The van der Waals surface area contributed by atoms with Crippen molar-refractivity contribution < 1.29 is 19.1 Å². The zero-order chi connectivity index (χ0) is 12.7. The van der Waals surface area contributed by atoms with Crippen LogP contribution in [-0.2, 0) is 14.3 Å². The fourth-order valence-corrected chi connectivity index (χ4v) is 1.89. The Morgan fingerprint density at radius 2 is 2.12 bits per heavy atom. The second kappa shape index (κ2) is 7.11. The molecule has 1 fully saturated rings. The number of methoxy groups -OCH3 is 1. The van der Waals surface area contributed by atoms with E-state index >= 15 is 0 Å². The number of urea groups is 1. The van der Waals surface area contributed by atoms with Gasteiger partial charge >= 0.3 is 12.0 Å². The van der Waals surface area contributed by atoms with Crippen molar-refractivity contribution in [2.24, 2.45) is 0 Å². The lowest BCUT2D eigenvalue weighted by Crippen LogP contribution is -2.43. The normalized spacial score (nSPS) is 23.2. The van der Waals surface area contributed by atoms with E-state index in [0.29, 0.717) is 6.61 Å². The molecule has 0 saturated heterocycles. The van der Waals surface area contributed by atoms with Crippen LogP contribution < -0.4 is 10.6 Å². The molecule has 1 aliphatic carbocycles. The average molecular weight is 244 g/mol. The van der Waals surface area contributed by atoms with E-state index in [1.165, 1.54) is 0 Å². The van der Waals surface area contributed by atoms with E-state index in [0.717, 1.165) is 19.3 Å². The molecular formula is C11H20N2O4. The highest BCUT2D eigenvalue weighted by Gasteiger charge is 2.25. The van der Waals surface area contributed by atoms with Crippen LogP contribution in [0.1, 0.15) is 26.2 Å². The summed E-state index contributed by atoms with van der Waals surface area (Å²) >= 11 is 0. The predicted molar refractivity (Wildman–Crippen MR) is 61.6 cm³/mol. The third kappa shape index (κ3) is 5.04. The van der Waals surface area contributed by atoms with Gasteiger partial charge in [0.05, 0.1) is 12.7 Å². The minimum atomic E-state index is -0.427. The largest absolute Gasteiger partial charge is 0.465 e. The highest BCUT2D eigenvalue weighted by Crippen LogP contribution is 2.21. The van der Waals surface area contributed by atoms with Gasteiger partial charge in [-0.2, -0.15) is 0 Å². The monoisotopic (exact) mass is 244 g/mol. The van der Waals surface area contributed by atoms with E-state index in [9.17, 15) is 9.59 Å². The summed E-state index contributed by atoms with van der Waals surface area (Å²) in [4.78, 5) is 22.4. The Bertz CT molecular complexity index is 270. The lowest BCUT2D eigenvalue weighted by Gasteiger charge is -2.13. The number of hydrogen-bond donors (Lipinski definition) is 2. The first-order valence-electron chi connectivity index (χ1n) is 5.88. The van der Waals surface area contributed by atoms with E-state index in [1.54, 1.807) is 14.0 Å². The lowest BCUT2D eigenvalue weighted by atomic mass is 10.2. The Morgan fingerprint density at radius 1 is 1.35 bits per heavy atom. The first kappa shape index (κ1) is 13.8. The van der Waals surface area contributed by atoms with Crippen LogP contribution in [0.25, 0.3) is 0 Å². The molecule has 1 saturated carbocycles. The van der Waals surface area contributed by atoms with Gasteiger partial charge in [0.25, 0.3) is 0 Å². The van der Waals surface area contributed by atoms with Gasteiger partial charge in [-0.1, -0.05) is 0 Å². The molecule has 6 nitrogen and oxygen atoms in total. The molecule has 0 heterocycles. The van der Waals surface area contributed by atoms with Crippen LogP contribution in [0.15, 0.2) is 0 Å². The van der Waals surface area contributed by atoms with Gasteiger partial charge in [0.15, 0.2) is 0 Å². The van der Waals surface area contributed by atoms with Gasteiger partial charge in [-0.05, 0) is 26.2 Å². The van der Waals surface area contributed by atoms with Gasteiger partial charge in [-0.15, -0.1) is 0 Å². The number of hydrogen-bond acceptors (Lipinski definition) is 4. The minimum Gasteiger partial charge on any atom is -0.465 e. The fourth-order valence-electron chi connectivity index (χ4n) is 1.89. The SMILES string of the molecule is CCOC(=O)CNC(=O)NC1CCC(OC)C1. The van der Waals surface area contributed by atoms with Crippen molar-refractivity contribution >= 4 is 12.0 Å². The van der Waals surface area contributed by atoms with Crippen LogP contribution in [0.5, 0.6) is 0 Å². The quantitative estimate of drug-likeness (QED) is 0.687. The molecular weight excluding hydrogens is 224 g/mol. The second-order valence-corrected chi connectivity index (χ2v) is 4.00. The van der Waals surface area contributed by atoms with E-state index < -0.39 is 5.97 Å². The van der Waals surface area contributed by atoms with Gasteiger partial charge < -0.3 is 20.1 Å². The molecule has 6 heteroatoms. The van der Waals surface area contributed by atoms with Crippen LogP contribution in [0, 0.1) is 0 Å². The van der Waals surface area contributed by atoms with E-state index in [-0.39, 0.29) is 24.7 Å². The number of rotatable bonds is 5. The van der Waals surface area contributed by atoms with Crippen molar-refractivity contribution in [1.29, 1.82) is 0 Å². The molecule has 0 aromatic rings. The van der Waals surface area contributed by atoms with Gasteiger partial charge in [-0.3, -0.25) is 4.79 Å². The van der Waals surface area contributed by atoms with Gasteiger partial charge in [0, 0.05) is 13.2 Å². The topological polar surface area (TPSA) is 76.7 Å². The van der Waals surface area contributed by atoms with Crippen molar-refractivity contribution in [3.05, 3.63) is 0 Å². The molecule has 1 aliphatic rings. The summed E-state index contributed by atoms with van der Waals surface area (Å²) in [6.45, 7) is 1.95. The highest BCUT2D eigenvalue weighted by molar-refractivity contribution is 5.80. The van der Waals surface area contributed by atoms with Crippen LogP contribution in [-0.4, -0.2) is 44.4 Å². The number of ether oxygens (including phenoxy) is 2. The molecule has 2 amide bonds. The average Bonchev–Trinajstić information content (AvgIpc) is 2.74. The summed E-state index contributed by atoms with van der Waals surface area (Å²) in [7, 11) is 1.67. The van der Waals surface area contributed by atoms with Crippen LogP contribution in [0.2, 0.25) is 0 Å². The zero-order valence-electron chi connectivity index (χ0n) is 10.3. The third-order valence-electron chi connectivity index (χ3n) is 2.75. The first-order chi connectivity index (χ1) is 8.15. The Hall–Kier alpha value is -1.30. The molecule has 1 rings (SSSR count). The molecule has 0 spiro atoms. The molecule has 0 aromatic carbocycles. The highest BCUT2D eigenvalue weighted by atomic mass is 16.5. The van der Waals surface area contributed by atoms with Gasteiger partial charge in [-0.25, -0.2) is 4.79 Å². The van der Waals surface area contributed by atoms with Crippen LogP contribution in [0.4, 0.5) is 4.79 Å². The third-order valence-corrected chi connectivity index (χ3v) is 2.75. The molecule has 2 N–H and O–H groups in total. The molecule has 0 radical (unpaired) electrons. The summed E-state index contributed by atoms with van der Waals surface area (Å²) < 4.78 is 9.90. The molecule has 0 aromatic heterocycles. The summed E-state index contributed by atoms with van der Waals surface area (Å²) in [5.41, 5.74) is 0. The zero-order valence-corrected chi connectivity index (χ0v) is 10.3. The number of esters is 1. The Kier molecular flexibility index (Phi) is 5.76. The maximum atomic E-state index is 11.4. The van der Waals surface area contributed by atoms with Crippen LogP contribution >= 0.6 is 0 Å². The van der Waals surface area contributed by atoms with E-state index in [1.807, 2.05) is 0 Å². The smallest absolute Gasteiger partial charge is 0.325 e. The molecule has 17 heavy (non-hydrogen) atoms. The lowest BCUT2D eigenvalue weighted by molar-refractivity contribution is -0.141. The Morgan fingerprint density at radius 3 is 2.71 bits per heavy atom. The maximum absolute atomic E-state index is 11.4. The maximum Gasteiger partial charge on any atom is 0.325 e. The number of nitrogens with one attached hydrogen (secondary N) is 2. The van der Waals surface area contributed by atoms with Crippen molar-refractivity contribution in [1.82, 2.24) is 10.6 Å². The predicted octanol–water partition coefficient (Wildman–Crippen LogP) is 0.416. The summed E-state index contributed by atoms with van der Waals surface area (Å²) in [6, 6.07) is -0.207. The van der Waals surface area contributed by atoms with Crippen molar-refractivity contribution in [3.8, 4) is 0 Å². The summed E-state index contributed by atoms with van der Waals surface area (Å²) in [5, 5.41) is 5.26. The number of carbonyl (C=O) groups excluding carboxylic acids is 2. The second-order valence-electron chi connectivity index (χ2n) is 4.00. The number of amides is 2. The molecule has 2 unspecified atom stereocenters.